The third-order valence-corrected chi connectivity index (χ3v) is 8.01. The molecule has 0 radical (unpaired) electrons. The molecule has 11 heteroatoms. The molecule has 0 saturated heterocycles. The van der Waals surface area contributed by atoms with Crippen LogP contribution < -0.4 is 24.4 Å². The summed E-state index contributed by atoms with van der Waals surface area (Å²) >= 11 is 0. The van der Waals surface area contributed by atoms with Crippen LogP contribution in [-0.2, 0) is 24.3 Å². The van der Waals surface area contributed by atoms with Crippen LogP contribution in [0.3, 0.4) is 0 Å². The predicted octanol–water partition coefficient (Wildman–Crippen LogP) is 4.98. The number of aryl methyl sites for hydroxylation is 2. The van der Waals surface area contributed by atoms with Gasteiger partial charge in [0.05, 0.1) is 26.4 Å². The summed E-state index contributed by atoms with van der Waals surface area (Å²) in [5.41, 5.74) is 6.96. The van der Waals surface area contributed by atoms with Gasteiger partial charge in [0, 0.05) is 33.7 Å². The SMILES string of the molecule is COc1cccc(CC(=O)N(C)CCN(C)c2nc(NCc3ccc4c(c3)OCO4)c3ncn(Cc4cc(C)cc(C)c4)c3n2)c1. The number of hydrogen-bond acceptors (Lipinski definition) is 9. The fourth-order valence-electron chi connectivity index (χ4n) is 5.55. The Kier molecular flexibility index (Phi) is 8.91. The first kappa shape index (κ1) is 30.7. The zero-order valence-corrected chi connectivity index (χ0v) is 26.9. The van der Waals surface area contributed by atoms with Crippen molar-refractivity contribution in [3.63, 3.8) is 0 Å². The van der Waals surface area contributed by atoms with Crippen LogP contribution >= 0.6 is 0 Å². The van der Waals surface area contributed by atoms with Crippen molar-refractivity contribution in [3.05, 3.63) is 94.8 Å². The number of benzene rings is 3. The van der Waals surface area contributed by atoms with Crippen LogP contribution in [0, 0.1) is 13.8 Å². The fourth-order valence-corrected chi connectivity index (χ4v) is 5.55. The number of nitrogens with one attached hydrogen (secondary N) is 1. The molecule has 0 atom stereocenters. The maximum atomic E-state index is 13.0. The fraction of sp³-hybridized carbons (Fsp3) is 0.314. The average molecular weight is 622 g/mol. The van der Waals surface area contributed by atoms with Crippen LogP contribution in [0.5, 0.6) is 17.2 Å². The van der Waals surface area contributed by atoms with Crippen molar-refractivity contribution >= 4 is 28.8 Å². The monoisotopic (exact) mass is 621 g/mol. The Bertz CT molecular complexity index is 1850. The highest BCUT2D eigenvalue weighted by Gasteiger charge is 2.19. The number of amides is 1. The van der Waals surface area contributed by atoms with Crippen LogP contribution in [-0.4, -0.2) is 71.4 Å². The van der Waals surface area contributed by atoms with Crippen LogP contribution in [0.15, 0.2) is 67.0 Å². The van der Waals surface area contributed by atoms with Gasteiger partial charge in [-0.25, -0.2) is 4.98 Å². The van der Waals surface area contributed by atoms with Gasteiger partial charge in [-0.3, -0.25) is 4.79 Å². The molecule has 0 bridgehead atoms. The maximum absolute atomic E-state index is 13.0. The number of hydrogen-bond donors (Lipinski definition) is 1. The van der Waals surface area contributed by atoms with Crippen LogP contribution in [0.2, 0.25) is 0 Å². The standard InChI is InChI=1S/C35H39N7O4/c1-23-13-24(2)15-27(14-23)20-42-21-37-32-33(36-19-26-9-10-29-30(17-26)46-22-45-29)38-35(39-34(32)42)41(4)12-11-40(3)31(43)18-25-7-6-8-28(16-25)44-5/h6-10,13-17,21H,11-12,18-20,22H2,1-5H3,(H,36,38,39). The molecule has 0 fully saturated rings. The Morgan fingerprint density at radius 2 is 1.74 bits per heavy atom. The normalized spacial score (nSPS) is 11.9. The molecular formula is C35H39N7O4. The number of aromatic nitrogens is 4. The van der Waals surface area contributed by atoms with Crippen LogP contribution in [0.1, 0.15) is 27.8 Å². The third kappa shape index (κ3) is 6.98. The molecule has 5 aromatic rings. The molecule has 0 unspecified atom stereocenters. The van der Waals surface area contributed by atoms with Gasteiger partial charge in [0.2, 0.25) is 18.6 Å². The minimum atomic E-state index is 0.0237. The van der Waals surface area contributed by atoms with E-state index in [2.05, 4.69) is 41.9 Å². The summed E-state index contributed by atoms with van der Waals surface area (Å²) in [5.74, 6) is 3.41. The first-order chi connectivity index (χ1) is 22.2. The molecule has 1 aliphatic rings. The highest BCUT2D eigenvalue weighted by Crippen LogP contribution is 2.33. The van der Waals surface area contributed by atoms with Gasteiger partial charge in [0.25, 0.3) is 0 Å². The van der Waals surface area contributed by atoms with Gasteiger partial charge < -0.3 is 33.9 Å². The van der Waals surface area contributed by atoms with E-state index in [1.54, 1.807) is 12.0 Å². The van der Waals surface area contributed by atoms with Crippen molar-refractivity contribution in [1.29, 1.82) is 0 Å². The van der Waals surface area contributed by atoms with Crippen molar-refractivity contribution < 1.29 is 19.0 Å². The summed E-state index contributed by atoms with van der Waals surface area (Å²) in [4.78, 5) is 31.3. The van der Waals surface area contributed by atoms with Crippen molar-refractivity contribution in [2.75, 3.05) is 51.3 Å². The second-order valence-electron chi connectivity index (χ2n) is 11.7. The molecule has 0 saturated carbocycles. The summed E-state index contributed by atoms with van der Waals surface area (Å²) in [7, 11) is 5.38. The number of rotatable bonds is 12. The van der Waals surface area contributed by atoms with Gasteiger partial charge in [-0.1, -0.05) is 47.5 Å². The number of methoxy groups -OCH3 is 1. The second-order valence-corrected chi connectivity index (χ2v) is 11.7. The number of ether oxygens (including phenoxy) is 3. The second kappa shape index (κ2) is 13.4. The van der Waals surface area contributed by atoms with E-state index in [1.807, 2.05) is 67.8 Å². The van der Waals surface area contributed by atoms with E-state index in [4.69, 9.17) is 29.2 Å². The minimum absolute atomic E-state index is 0.0237. The quantitative estimate of drug-likeness (QED) is 0.207. The van der Waals surface area contributed by atoms with E-state index in [9.17, 15) is 4.79 Å². The maximum Gasteiger partial charge on any atom is 0.231 e. The van der Waals surface area contributed by atoms with Crippen molar-refractivity contribution in [1.82, 2.24) is 24.4 Å². The number of fused-ring (bicyclic) bond motifs is 2. The highest BCUT2D eigenvalue weighted by atomic mass is 16.7. The van der Waals surface area contributed by atoms with E-state index in [1.165, 1.54) is 16.7 Å². The summed E-state index contributed by atoms with van der Waals surface area (Å²) < 4.78 is 18.4. The molecule has 0 aliphatic carbocycles. The molecule has 238 valence electrons. The Labute approximate surface area is 268 Å². The summed E-state index contributed by atoms with van der Waals surface area (Å²) in [6.07, 6.45) is 2.11. The molecule has 46 heavy (non-hydrogen) atoms. The van der Waals surface area contributed by atoms with E-state index in [-0.39, 0.29) is 12.7 Å². The molecule has 1 aliphatic heterocycles. The van der Waals surface area contributed by atoms with Gasteiger partial charge in [-0.2, -0.15) is 9.97 Å². The van der Waals surface area contributed by atoms with Gasteiger partial charge in [-0.15, -0.1) is 0 Å². The van der Waals surface area contributed by atoms with Crippen molar-refractivity contribution in [2.45, 2.75) is 33.4 Å². The lowest BCUT2D eigenvalue weighted by Gasteiger charge is -2.23. The summed E-state index contributed by atoms with van der Waals surface area (Å²) in [6, 6.07) is 20.0. The predicted molar refractivity (Wildman–Crippen MR) is 178 cm³/mol. The molecule has 1 N–H and O–H groups in total. The first-order valence-electron chi connectivity index (χ1n) is 15.3. The molecule has 3 heterocycles. The zero-order chi connectivity index (χ0) is 32.2. The zero-order valence-electron chi connectivity index (χ0n) is 26.9. The van der Waals surface area contributed by atoms with E-state index in [0.29, 0.717) is 49.9 Å². The molecule has 6 rings (SSSR count). The molecule has 0 spiro atoms. The number of carbonyl (C=O) groups is 1. The number of likely N-dealkylation sites (N-methyl/N-ethyl adjacent to an activating group) is 2. The van der Waals surface area contributed by atoms with E-state index in [0.717, 1.165) is 34.0 Å². The Balaban J connectivity index is 1.22. The highest BCUT2D eigenvalue weighted by molar-refractivity contribution is 5.84. The Hall–Kier alpha value is -5.32. The largest absolute Gasteiger partial charge is 0.497 e. The lowest BCUT2D eigenvalue weighted by molar-refractivity contribution is -0.129. The smallest absolute Gasteiger partial charge is 0.231 e. The molecule has 11 nitrogen and oxygen atoms in total. The number of nitrogens with zero attached hydrogens (tertiary/aromatic N) is 6. The lowest BCUT2D eigenvalue weighted by atomic mass is 10.1. The number of anilines is 2. The minimum Gasteiger partial charge on any atom is -0.497 e. The molecule has 2 aromatic heterocycles. The Morgan fingerprint density at radius 1 is 0.935 bits per heavy atom. The molecule has 1 amide bonds. The Morgan fingerprint density at radius 3 is 2.54 bits per heavy atom. The number of imidazole rings is 1. The first-order valence-corrected chi connectivity index (χ1v) is 15.3. The van der Waals surface area contributed by atoms with Gasteiger partial charge in [0.1, 0.15) is 5.75 Å². The van der Waals surface area contributed by atoms with Crippen molar-refractivity contribution in [3.8, 4) is 17.2 Å². The topological polar surface area (TPSA) is 107 Å². The van der Waals surface area contributed by atoms with E-state index < -0.39 is 0 Å². The van der Waals surface area contributed by atoms with Gasteiger partial charge in [-0.05, 0) is 54.8 Å². The molecular weight excluding hydrogens is 582 g/mol. The van der Waals surface area contributed by atoms with Crippen LogP contribution in [0.25, 0.3) is 11.2 Å². The van der Waals surface area contributed by atoms with Crippen molar-refractivity contribution in [2.24, 2.45) is 0 Å². The summed E-state index contributed by atoms with van der Waals surface area (Å²) in [5, 5.41) is 3.48. The lowest BCUT2D eigenvalue weighted by Crippen LogP contribution is -2.36. The third-order valence-electron chi connectivity index (χ3n) is 8.01. The molecule has 3 aromatic carbocycles. The van der Waals surface area contributed by atoms with Gasteiger partial charge in [0.15, 0.2) is 28.5 Å². The number of carbonyl (C=O) groups excluding carboxylic acids is 1. The van der Waals surface area contributed by atoms with E-state index >= 15 is 0 Å². The van der Waals surface area contributed by atoms with Gasteiger partial charge >= 0.3 is 0 Å². The average Bonchev–Trinajstić information content (AvgIpc) is 3.68. The van der Waals surface area contributed by atoms with Crippen LogP contribution in [0.4, 0.5) is 11.8 Å². The summed E-state index contributed by atoms with van der Waals surface area (Å²) in [6.45, 7) is 6.62.